The van der Waals surface area contributed by atoms with E-state index in [1.54, 1.807) is 12.1 Å². The first kappa shape index (κ1) is 16.3. The van der Waals surface area contributed by atoms with Crippen molar-refractivity contribution in [2.45, 2.75) is 12.6 Å². The molecule has 1 atom stereocenters. The third-order valence-corrected chi connectivity index (χ3v) is 3.73. The lowest BCUT2D eigenvalue weighted by Crippen LogP contribution is -2.31. The Morgan fingerprint density at radius 2 is 1.86 bits per heavy atom. The Kier molecular flexibility index (Phi) is 6.51. The van der Waals surface area contributed by atoms with E-state index < -0.39 is 6.10 Å². The molecule has 0 saturated heterocycles. The molecule has 2 N–H and O–H groups in total. The highest BCUT2D eigenvalue weighted by molar-refractivity contribution is 9.10. The lowest BCUT2D eigenvalue weighted by Gasteiger charge is -2.14. The van der Waals surface area contributed by atoms with Crippen molar-refractivity contribution >= 4 is 27.5 Å². The minimum absolute atomic E-state index is 0.205. The minimum atomic E-state index is -0.586. The van der Waals surface area contributed by atoms with Gasteiger partial charge in [0.15, 0.2) is 0 Å². The maximum atomic E-state index is 9.89. The van der Waals surface area contributed by atoms with E-state index >= 15 is 0 Å². The molecule has 0 aliphatic heterocycles. The van der Waals surface area contributed by atoms with Crippen molar-refractivity contribution in [3.63, 3.8) is 0 Å². The molecule has 0 aliphatic rings. The van der Waals surface area contributed by atoms with Gasteiger partial charge in [-0.05, 0) is 29.8 Å². The largest absolute Gasteiger partial charge is 0.489 e. The van der Waals surface area contributed by atoms with Crippen LogP contribution in [0.5, 0.6) is 5.75 Å². The molecule has 112 valence electrons. The van der Waals surface area contributed by atoms with Gasteiger partial charge in [-0.3, -0.25) is 0 Å². The number of halogens is 2. The predicted octanol–water partition coefficient (Wildman–Crippen LogP) is 3.63. The van der Waals surface area contributed by atoms with E-state index in [9.17, 15) is 5.11 Å². The summed E-state index contributed by atoms with van der Waals surface area (Å²) in [7, 11) is 0. The summed E-state index contributed by atoms with van der Waals surface area (Å²) >= 11 is 9.38. The summed E-state index contributed by atoms with van der Waals surface area (Å²) in [6.45, 7) is 1.37. The lowest BCUT2D eigenvalue weighted by molar-refractivity contribution is 0.106. The SMILES string of the molecule is OC(CNCc1ccc(Br)cc1)COc1ccccc1Cl. The maximum absolute atomic E-state index is 9.89. The molecule has 0 heterocycles. The molecule has 2 aromatic carbocycles. The van der Waals surface area contributed by atoms with Crippen molar-refractivity contribution in [1.82, 2.24) is 5.32 Å². The summed E-state index contributed by atoms with van der Waals surface area (Å²) in [5, 5.41) is 13.6. The van der Waals surface area contributed by atoms with E-state index in [-0.39, 0.29) is 6.61 Å². The number of benzene rings is 2. The number of para-hydroxylation sites is 1. The van der Waals surface area contributed by atoms with Crippen molar-refractivity contribution in [3.8, 4) is 5.75 Å². The van der Waals surface area contributed by atoms with Crippen LogP contribution in [0.4, 0.5) is 0 Å². The average molecular weight is 371 g/mol. The first-order valence-electron chi connectivity index (χ1n) is 6.65. The molecule has 0 amide bonds. The van der Waals surface area contributed by atoms with Gasteiger partial charge < -0.3 is 15.2 Å². The smallest absolute Gasteiger partial charge is 0.138 e. The van der Waals surface area contributed by atoms with Crippen LogP contribution >= 0.6 is 27.5 Å². The summed E-state index contributed by atoms with van der Waals surface area (Å²) < 4.78 is 6.54. The Hall–Kier alpha value is -1.07. The third-order valence-electron chi connectivity index (χ3n) is 2.89. The molecule has 0 aromatic heterocycles. The van der Waals surface area contributed by atoms with E-state index in [2.05, 4.69) is 21.2 Å². The molecule has 2 aromatic rings. The summed E-state index contributed by atoms with van der Waals surface area (Å²) in [5.41, 5.74) is 1.16. The zero-order valence-corrected chi connectivity index (χ0v) is 13.8. The van der Waals surface area contributed by atoms with Gasteiger partial charge in [0.25, 0.3) is 0 Å². The van der Waals surface area contributed by atoms with E-state index in [0.717, 1.165) is 10.0 Å². The Morgan fingerprint density at radius 3 is 2.57 bits per heavy atom. The van der Waals surface area contributed by atoms with Gasteiger partial charge in [0, 0.05) is 17.6 Å². The molecule has 3 nitrogen and oxygen atoms in total. The lowest BCUT2D eigenvalue weighted by atomic mass is 10.2. The van der Waals surface area contributed by atoms with Crippen molar-refractivity contribution in [2.75, 3.05) is 13.2 Å². The number of aliphatic hydroxyl groups is 1. The molecule has 0 radical (unpaired) electrons. The van der Waals surface area contributed by atoms with Crippen LogP contribution in [-0.2, 0) is 6.54 Å². The molecule has 0 spiro atoms. The molecular formula is C16H17BrClNO2. The quantitative estimate of drug-likeness (QED) is 0.782. The topological polar surface area (TPSA) is 41.5 Å². The van der Waals surface area contributed by atoms with Crippen LogP contribution in [0, 0.1) is 0 Å². The fourth-order valence-corrected chi connectivity index (χ4v) is 2.25. The Labute approximate surface area is 138 Å². The van der Waals surface area contributed by atoms with Crippen molar-refractivity contribution < 1.29 is 9.84 Å². The van der Waals surface area contributed by atoms with E-state index in [1.807, 2.05) is 36.4 Å². The van der Waals surface area contributed by atoms with E-state index in [1.165, 1.54) is 0 Å². The van der Waals surface area contributed by atoms with Gasteiger partial charge in [-0.2, -0.15) is 0 Å². The van der Waals surface area contributed by atoms with Crippen LogP contribution in [0.15, 0.2) is 53.0 Å². The van der Waals surface area contributed by atoms with Gasteiger partial charge in [0.2, 0.25) is 0 Å². The highest BCUT2D eigenvalue weighted by Gasteiger charge is 2.06. The number of ether oxygens (including phenoxy) is 1. The van der Waals surface area contributed by atoms with Gasteiger partial charge in [-0.25, -0.2) is 0 Å². The monoisotopic (exact) mass is 369 g/mol. The molecule has 0 saturated carbocycles. The van der Waals surface area contributed by atoms with Crippen LogP contribution in [0.25, 0.3) is 0 Å². The standard InChI is InChI=1S/C16H17BrClNO2/c17-13-7-5-12(6-8-13)9-19-10-14(20)11-21-16-4-2-1-3-15(16)18/h1-8,14,19-20H,9-11H2. The van der Waals surface area contributed by atoms with Gasteiger partial charge in [0.05, 0.1) is 5.02 Å². The summed E-state index contributed by atoms with van der Waals surface area (Å²) in [6, 6.07) is 15.3. The van der Waals surface area contributed by atoms with Crippen LogP contribution in [0.3, 0.4) is 0 Å². The highest BCUT2D eigenvalue weighted by Crippen LogP contribution is 2.23. The molecule has 0 bridgehead atoms. The maximum Gasteiger partial charge on any atom is 0.138 e. The van der Waals surface area contributed by atoms with Crippen molar-refractivity contribution in [1.29, 1.82) is 0 Å². The van der Waals surface area contributed by atoms with Crippen LogP contribution in [0.1, 0.15) is 5.56 Å². The molecular weight excluding hydrogens is 354 g/mol. The third kappa shape index (κ3) is 5.67. The van der Waals surface area contributed by atoms with Gasteiger partial charge >= 0.3 is 0 Å². The minimum Gasteiger partial charge on any atom is -0.489 e. The second-order valence-corrected chi connectivity index (χ2v) is 5.98. The Bertz CT molecular complexity index is 562. The fourth-order valence-electron chi connectivity index (χ4n) is 1.79. The normalized spacial score (nSPS) is 12.1. The van der Waals surface area contributed by atoms with Gasteiger partial charge in [-0.15, -0.1) is 0 Å². The predicted molar refractivity (Wildman–Crippen MR) is 88.8 cm³/mol. The molecule has 2 rings (SSSR count). The highest BCUT2D eigenvalue weighted by atomic mass is 79.9. The molecule has 5 heteroatoms. The number of aliphatic hydroxyl groups excluding tert-OH is 1. The van der Waals surface area contributed by atoms with E-state index in [0.29, 0.717) is 23.9 Å². The van der Waals surface area contributed by atoms with Crippen molar-refractivity contribution in [3.05, 3.63) is 63.6 Å². The van der Waals surface area contributed by atoms with E-state index in [4.69, 9.17) is 16.3 Å². The summed E-state index contributed by atoms with van der Waals surface area (Å²) in [5.74, 6) is 0.589. The molecule has 1 unspecified atom stereocenters. The number of hydrogen-bond donors (Lipinski definition) is 2. The van der Waals surface area contributed by atoms with Crippen molar-refractivity contribution in [2.24, 2.45) is 0 Å². The summed E-state index contributed by atoms with van der Waals surface area (Å²) in [4.78, 5) is 0. The fraction of sp³-hybridized carbons (Fsp3) is 0.250. The molecule has 0 fully saturated rings. The first-order valence-corrected chi connectivity index (χ1v) is 7.83. The van der Waals surface area contributed by atoms with Gasteiger partial charge in [-0.1, -0.05) is 51.8 Å². The number of hydrogen-bond acceptors (Lipinski definition) is 3. The average Bonchev–Trinajstić information content (AvgIpc) is 2.48. The first-order chi connectivity index (χ1) is 10.1. The second-order valence-electron chi connectivity index (χ2n) is 4.65. The second kappa shape index (κ2) is 8.39. The summed E-state index contributed by atoms with van der Waals surface area (Å²) in [6.07, 6.45) is -0.586. The molecule has 21 heavy (non-hydrogen) atoms. The van der Waals surface area contributed by atoms with Gasteiger partial charge in [0.1, 0.15) is 18.5 Å². The Morgan fingerprint density at radius 1 is 1.14 bits per heavy atom. The zero-order valence-electron chi connectivity index (χ0n) is 11.4. The Balaban J connectivity index is 1.69. The van der Waals surface area contributed by atoms with Crippen LogP contribution in [-0.4, -0.2) is 24.4 Å². The zero-order chi connectivity index (χ0) is 15.1. The number of nitrogens with one attached hydrogen (secondary N) is 1. The number of rotatable bonds is 7. The van der Waals surface area contributed by atoms with Crippen LogP contribution in [0.2, 0.25) is 5.02 Å². The van der Waals surface area contributed by atoms with Crippen LogP contribution < -0.4 is 10.1 Å². The molecule has 0 aliphatic carbocycles.